The lowest BCUT2D eigenvalue weighted by Crippen LogP contribution is -2.27. The fourth-order valence-electron chi connectivity index (χ4n) is 1.90. The SMILES string of the molecule is CN(C(=O)c1ccccc1F)c1ccc(NS(C)(=O)=O)cc1. The monoisotopic (exact) mass is 322 g/mol. The van der Waals surface area contributed by atoms with Gasteiger partial charge in [-0.25, -0.2) is 12.8 Å². The van der Waals surface area contributed by atoms with E-state index in [1.165, 1.54) is 42.3 Å². The Balaban J connectivity index is 2.21. The molecule has 0 saturated heterocycles. The molecule has 0 aliphatic heterocycles. The van der Waals surface area contributed by atoms with Crippen molar-refractivity contribution in [3.63, 3.8) is 0 Å². The normalized spacial score (nSPS) is 11.0. The summed E-state index contributed by atoms with van der Waals surface area (Å²) in [5.41, 5.74) is 0.883. The van der Waals surface area contributed by atoms with Crippen LogP contribution in [0.15, 0.2) is 48.5 Å². The molecular weight excluding hydrogens is 307 g/mol. The third-order valence-corrected chi connectivity index (χ3v) is 3.57. The van der Waals surface area contributed by atoms with Crippen LogP contribution in [0.5, 0.6) is 0 Å². The average Bonchev–Trinajstić information content (AvgIpc) is 2.45. The van der Waals surface area contributed by atoms with Crippen molar-refractivity contribution < 1.29 is 17.6 Å². The minimum absolute atomic E-state index is 0.0247. The van der Waals surface area contributed by atoms with Gasteiger partial charge < -0.3 is 4.90 Å². The molecule has 0 aliphatic rings. The molecule has 22 heavy (non-hydrogen) atoms. The lowest BCUT2D eigenvalue weighted by Gasteiger charge is -2.18. The summed E-state index contributed by atoms with van der Waals surface area (Å²) in [6, 6.07) is 11.9. The second-order valence-corrected chi connectivity index (χ2v) is 6.51. The zero-order valence-corrected chi connectivity index (χ0v) is 12.9. The third-order valence-electron chi connectivity index (χ3n) is 2.97. The molecule has 0 radical (unpaired) electrons. The second-order valence-electron chi connectivity index (χ2n) is 4.77. The number of sulfonamides is 1. The van der Waals surface area contributed by atoms with Crippen molar-refractivity contribution >= 4 is 27.3 Å². The molecule has 0 unspecified atom stereocenters. The number of hydrogen-bond donors (Lipinski definition) is 1. The number of nitrogens with zero attached hydrogens (tertiary/aromatic N) is 1. The molecule has 2 aromatic carbocycles. The quantitative estimate of drug-likeness (QED) is 0.940. The summed E-state index contributed by atoms with van der Waals surface area (Å²) in [4.78, 5) is 13.5. The summed E-state index contributed by atoms with van der Waals surface area (Å²) < 4.78 is 38.2. The van der Waals surface area contributed by atoms with Gasteiger partial charge in [-0.15, -0.1) is 0 Å². The summed E-state index contributed by atoms with van der Waals surface area (Å²) in [6.07, 6.45) is 1.05. The molecule has 2 rings (SSSR count). The van der Waals surface area contributed by atoms with Crippen LogP contribution in [0.1, 0.15) is 10.4 Å². The van der Waals surface area contributed by atoms with Gasteiger partial charge >= 0.3 is 0 Å². The number of rotatable bonds is 4. The summed E-state index contributed by atoms with van der Waals surface area (Å²) in [5.74, 6) is -1.07. The lowest BCUT2D eigenvalue weighted by molar-refractivity contribution is 0.0989. The highest BCUT2D eigenvalue weighted by Gasteiger charge is 2.17. The number of carbonyl (C=O) groups excluding carboxylic acids is 1. The van der Waals surface area contributed by atoms with Crippen molar-refractivity contribution in [1.82, 2.24) is 0 Å². The molecule has 5 nitrogen and oxygen atoms in total. The van der Waals surface area contributed by atoms with Gasteiger partial charge in [-0.3, -0.25) is 9.52 Å². The molecule has 7 heteroatoms. The second kappa shape index (κ2) is 6.15. The first-order chi connectivity index (χ1) is 10.3. The molecule has 2 aromatic rings. The van der Waals surface area contributed by atoms with Gasteiger partial charge in [0.2, 0.25) is 10.0 Å². The highest BCUT2D eigenvalue weighted by molar-refractivity contribution is 7.92. The van der Waals surface area contributed by atoms with Crippen LogP contribution in [0, 0.1) is 5.82 Å². The predicted octanol–water partition coefficient (Wildman–Crippen LogP) is 2.47. The Morgan fingerprint density at radius 3 is 2.23 bits per heavy atom. The first kappa shape index (κ1) is 16.0. The number of benzene rings is 2. The van der Waals surface area contributed by atoms with Crippen molar-refractivity contribution in [2.75, 3.05) is 22.9 Å². The van der Waals surface area contributed by atoms with E-state index in [2.05, 4.69) is 4.72 Å². The maximum absolute atomic E-state index is 13.6. The van der Waals surface area contributed by atoms with E-state index < -0.39 is 21.7 Å². The maximum Gasteiger partial charge on any atom is 0.260 e. The van der Waals surface area contributed by atoms with Crippen molar-refractivity contribution in [3.05, 3.63) is 59.9 Å². The summed E-state index contributed by atoms with van der Waals surface area (Å²) in [6.45, 7) is 0. The minimum atomic E-state index is -3.36. The Bertz CT molecular complexity index is 789. The molecule has 0 aromatic heterocycles. The van der Waals surface area contributed by atoms with Gasteiger partial charge in [-0.2, -0.15) is 0 Å². The molecular formula is C15H15FN2O3S. The lowest BCUT2D eigenvalue weighted by atomic mass is 10.1. The molecule has 116 valence electrons. The summed E-state index contributed by atoms with van der Waals surface area (Å²) >= 11 is 0. The largest absolute Gasteiger partial charge is 0.311 e. The number of halogens is 1. The first-order valence-electron chi connectivity index (χ1n) is 6.38. The fourth-order valence-corrected chi connectivity index (χ4v) is 2.46. The topological polar surface area (TPSA) is 66.5 Å². The minimum Gasteiger partial charge on any atom is -0.311 e. The van der Waals surface area contributed by atoms with Crippen LogP contribution in [-0.2, 0) is 10.0 Å². The standard InChI is InChI=1S/C15H15FN2O3S/c1-18(15(19)13-5-3-4-6-14(13)16)12-9-7-11(8-10-12)17-22(2,20)21/h3-10,17H,1-2H3. The zero-order chi connectivity index (χ0) is 16.3. The van der Waals surface area contributed by atoms with Crippen LogP contribution in [0.3, 0.4) is 0 Å². The van der Waals surface area contributed by atoms with Crippen molar-refractivity contribution in [3.8, 4) is 0 Å². The Kier molecular flexibility index (Phi) is 4.46. The molecule has 0 saturated carbocycles. The molecule has 0 spiro atoms. The van der Waals surface area contributed by atoms with Crippen molar-refractivity contribution in [1.29, 1.82) is 0 Å². The molecule has 0 atom stereocenters. The Hall–Kier alpha value is -2.41. The van der Waals surface area contributed by atoms with E-state index >= 15 is 0 Å². The smallest absolute Gasteiger partial charge is 0.260 e. The molecule has 0 aliphatic carbocycles. The number of anilines is 2. The zero-order valence-electron chi connectivity index (χ0n) is 12.1. The van der Waals surface area contributed by atoms with E-state index in [1.54, 1.807) is 18.2 Å². The number of hydrogen-bond acceptors (Lipinski definition) is 3. The van der Waals surface area contributed by atoms with Crippen LogP contribution in [0.4, 0.5) is 15.8 Å². The number of nitrogens with one attached hydrogen (secondary N) is 1. The van der Waals surface area contributed by atoms with Crippen LogP contribution >= 0.6 is 0 Å². The third kappa shape index (κ3) is 3.82. The average molecular weight is 322 g/mol. The van der Waals surface area contributed by atoms with Crippen LogP contribution in [0.25, 0.3) is 0 Å². The first-order valence-corrected chi connectivity index (χ1v) is 8.27. The van der Waals surface area contributed by atoms with E-state index in [0.717, 1.165) is 6.26 Å². The van der Waals surface area contributed by atoms with Crippen molar-refractivity contribution in [2.45, 2.75) is 0 Å². The molecule has 0 heterocycles. The fraction of sp³-hybridized carbons (Fsp3) is 0.133. The van der Waals surface area contributed by atoms with E-state index in [4.69, 9.17) is 0 Å². The van der Waals surface area contributed by atoms with Gasteiger partial charge in [-0.1, -0.05) is 12.1 Å². The van der Waals surface area contributed by atoms with Crippen molar-refractivity contribution in [2.24, 2.45) is 0 Å². The molecule has 1 N–H and O–H groups in total. The predicted molar refractivity (Wildman–Crippen MR) is 84.0 cm³/mol. The molecule has 0 fully saturated rings. The Morgan fingerprint density at radius 1 is 1.09 bits per heavy atom. The van der Waals surface area contributed by atoms with Gasteiger partial charge in [0.15, 0.2) is 0 Å². The van der Waals surface area contributed by atoms with Crippen LogP contribution in [0.2, 0.25) is 0 Å². The van der Waals surface area contributed by atoms with E-state index in [0.29, 0.717) is 11.4 Å². The van der Waals surface area contributed by atoms with E-state index in [1.807, 2.05) is 0 Å². The van der Waals surface area contributed by atoms with Crippen LogP contribution < -0.4 is 9.62 Å². The van der Waals surface area contributed by atoms with Gasteiger partial charge in [-0.05, 0) is 36.4 Å². The van der Waals surface area contributed by atoms with Gasteiger partial charge in [0.05, 0.1) is 11.8 Å². The van der Waals surface area contributed by atoms with E-state index in [-0.39, 0.29) is 5.56 Å². The highest BCUT2D eigenvalue weighted by Crippen LogP contribution is 2.20. The summed E-state index contributed by atoms with van der Waals surface area (Å²) in [5, 5.41) is 0. The summed E-state index contributed by atoms with van der Waals surface area (Å²) in [7, 11) is -1.83. The van der Waals surface area contributed by atoms with Gasteiger partial charge in [0.1, 0.15) is 5.82 Å². The Morgan fingerprint density at radius 2 is 1.68 bits per heavy atom. The van der Waals surface area contributed by atoms with Crippen LogP contribution in [-0.4, -0.2) is 27.6 Å². The van der Waals surface area contributed by atoms with Gasteiger partial charge in [0, 0.05) is 18.4 Å². The van der Waals surface area contributed by atoms with Gasteiger partial charge in [0.25, 0.3) is 5.91 Å². The maximum atomic E-state index is 13.6. The molecule has 1 amide bonds. The molecule has 0 bridgehead atoms. The Labute approximate surface area is 128 Å². The highest BCUT2D eigenvalue weighted by atomic mass is 32.2. The van der Waals surface area contributed by atoms with E-state index in [9.17, 15) is 17.6 Å². The number of carbonyl (C=O) groups is 1. The number of amides is 1.